The molecule has 0 bridgehead atoms. The lowest BCUT2D eigenvalue weighted by Gasteiger charge is -2.26. The molecule has 2 aromatic heterocycles. The zero-order chi connectivity index (χ0) is 23.9. The highest BCUT2D eigenvalue weighted by atomic mass is 32.2. The number of fused-ring (bicyclic) bond motifs is 1. The first kappa shape index (κ1) is 24.7. The molecule has 172 valence electrons. The molecule has 1 aliphatic rings. The average molecular weight is 459 g/mol. The van der Waals surface area contributed by atoms with Gasteiger partial charge < -0.3 is 20.3 Å². The van der Waals surface area contributed by atoms with Crippen molar-refractivity contribution in [3.05, 3.63) is 33.9 Å². The van der Waals surface area contributed by atoms with Gasteiger partial charge in [-0.2, -0.15) is 8.42 Å². The van der Waals surface area contributed by atoms with Gasteiger partial charge in [-0.1, -0.05) is 6.92 Å². The van der Waals surface area contributed by atoms with Crippen molar-refractivity contribution in [1.82, 2.24) is 9.55 Å². The lowest BCUT2D eigenvalue weighted by molar-refractivity contribution is 0.0694. The number of anilines is 1. The molecule has 2 aromatic rings. The quantitative estimate of drug-likeness (QED) is 0.564. The highest BCUT2D eigenvalue weighted by Gasteiger charge is 2.30. The molecule has 0 unspecified atom stereocenters. The summed E-state index contributed by atoms with van der Waals surface area (Å²) in [5, 5.41) is 9.28. The minimum atomic E-state index is -3.67. The maximum absolute atomic E-state index is 14.7. The van der Waals surface area contributed by atoms with Crippen LogP contribution in [0.5, 0.6) is 0 Å². The van der Waals surface area contributed by atoms with E-state index in [2.05, 4.69) is 4.98 Å². The monoisotopic (exact) mass is 458 g/mol. The number of carboxylic acid groups (broad SMARTS) is 1. The average Bonchev–Trinajstić information content (AvgIpc) is 2.91. The summed E-state index contributed by atoms with van der Waals surface area (Å²) in [4.78, 5) is 30.1. The Morgan fingerprint density at radius 2 is 1.87 bits per heavy atom. The Balaban J connectivity index is 0.000000614. The van der Waals surface area contributed by atoms with E-state index in [9.17, 15) is 27.5 Å². The molecule has 1 aliphatic heterocycles. The van der Waals surface area contributed by atoms with Crippen LogP contribution in [0.25, 0.3) is 11.0 Å². The van der Waals surface area contributed by atoms with E-state index in [-0.39, 0.29) is 28.8 Å². The van der Waals surface area contributed by atoms with E-state index in [1.54, 1.807) is 9.47 Å². The van der Waals surface area contributed by atoms with E-state index in [0.717, 1.165) is 6.07 Å². The fraction of sp³-hybridized carbons (Fsp3) is 0.526. The van der Waals surface area contributed by atoms with Crippen LogP contribution in [0.15, 0.2) is 17.1 Å². The standard InChI is InChI=1S/C18H23FN4O3.CH4O3S/c1-9-6-22(8-13(9)20)16-12(19)5-10-14(24)11(17(25)26)7-23(15(10)21-16)18(2,3)4;1-5(2,3)4/h5,7,9,13H,6,8,20H2,1-4H3,(H,25,26);1H3,(H,2,3,4)/t9-,13-;/m1./s1. The second kappa shape index (κ2) is 8.52. The largest absolute Gasteiger partial charge is 0.477 e. The summed E-state index contributed by atoms with van der Waals surface area (Å²) in [5.41, 5.74) is 4.60. The summed E-state index contributed by atoms with van der Waals surface area (Å²) in [7, 11) is -3.67. The predicted octanol–water partition coefficient (Wildman–Crippen LogP) is 1.28. The topological polar surface area (TPSA) is 156 Å². The number of nitrogens with zero attached hydrogens (tertiary/aromatic N) is 3. The summed E-state index contributed by atoms with van der Waals surface area (Å²) in [5.74, 6) is -1.67. The molecule has 1 fully saturated rings. The molecule has 0 aromatic carbocycles. The summed E-state index contributed by atoms with van der Waals surface area (Å²) in [6.07, 6.45) is 1.99. The Hall–Kier alpha value is -2.57. The molecule has 3 rings (SSSR count). The van der Waals surface area contributed by atoms with Crippen molar-refractivity contribution in [1.29, 1.82) is 0 Å². The van der Waals surface area contributed by atoms with Crippen LogP contribution in [0.4, 0.5) is 10.2 Å². The molecule has 1 saturated heterocycles. The highest BCUT2D eigenvalue weighted by molar-refractivity contribution is 7.85. The molecular weight excluding hydrogens is 431 g/mol. The van der Waals surface area contributed by atoms with Gasteiger partial charge in [-0.05, 0) is 32.8 Å². The van der Waals surface area contributed by atoms with E-state index in [4.69, 9.17) is 10.3 Å². The Kier molecular flexibility index (Phi) is 6.79. The number of rotatable bonds is 2. The molecule has 4 N–H and O–H groups in total. The number of carbonyl (C=O) groups is 1. The molecule has 2 atom stereocenters. The predicted molar refractivity (Wildman–Crippen MR) is 115 cm³/mol. The summed E-state index contributed by atoms with van der Waals surface area (Å²) < 4.78 is 42.2. The SMILES string of the molecule is CS(=O)(=O)O.C[C@@H]1CN(c2nc3c(cc2F)c(=O)c(C(=O)O)cn3C(C)(C)C)C[C@H]1N. The first-order chi connectivity index (χ1) is 14.0. The minimum Gasteiger partial charge on any atom is -0.477 e. The number of hydrogen-bond acceptors (Lipinski definition) is 7. The molecule has 12 heteroatoms. The number of aromatic nitrogens is 2. The van der Waals surface area contributed by atoms with Gasteiger partial charge in [0.05, 0.1) is 11.6 Å². The van der Waals surface area contributed by atoms with Crippen LogP contribution < -0.4 is 16.1 Å². The zero-order valence-electron chi connectivity index (χ0n) is 18.0. The van der Waals surface area contributed by atoms with E-state index in [0.29, 0.717) is 19.3 Å². The lowest BCUT2D eigenvalue weighted by atomic mass is 10.1. The number of carboxylic acids is 1. The van der Waals surface area contributed by atoms with E-state index >= 15 is 0 Å². The third-order valence-electron chi connectivity index (χ3n) is 4.84. The van der Waals surface area contributed by atoms with Crippen molar-refractivity contribution in [2.45, 2.75) is 39.3 Å². The lowest BCUT2D eigenvalue weighted by Crippen LogP contribution is -2.31. The fourth-order valence-electron chi connectivity index (χ4n) is 3.26. The smallest absolute Gasteiger partial charge is 0.341 e. The third kappa shape index (κ3) is 5.77. The van der Waals surface area contributed by atoms with E-state index in [1.165, 1.54) is 6.20 Å². The molecule has 0 amide bonds. The minimum absolute atomic E-state index is 0.0439. The molecule has 0 aliphatic carbocycles. The van der Waals surface area contributed by atoms with Crippen LogP contribution in [0.3, 0.4) is 0 Å². The van der Waals surface area contributed by atoms with E-state index in [1.807, 2.05) is 27.7 Å². The Morgan fingerprint density at radius 3 is 2.29 bits per heavy atom. The molecular formula is C19H27FN4O6S. The first-order valence-electron chi connectivity index (χ1n) is 9.43. The van der Waals surface area contributed by atoms with E-state index < -0.39 is 38.4 Å². The second-order valence-electron chi connectivity index (χ2n) is 8.66. The maximum Gasteiger partial charge on any atom is 0.341 e. The third-order valence-corrected chi connectivity index (χ3v) is 4.84. The molecule has 31 heavy (non-hydrogen) atoms. The van der Waals surface area contributed by atoms with Crippen molar-refractivity contribution >= 4 is 32.9 Å². The van der Waals surface area contributed by atoms with Gasteiger partial charge in [0.1, 0.15) is 11.2 Å². The van der Waals surface area contributed by atoms with Gasteiger partial charge in [-0.3, -0.25) is 9.35 Å². The molecule has 0 saturated carbocycles. The van der Waals surface area contributed by atoms with Crippen LogP contribution in [0.2, 0.25) is 0 Å². The van der Waals surface area contributed by atoms with Gasteiger partial charge in [-0.15, -0.1) is 0 Å². The zero-order valence-corrected chi connectivity index (χ0v) is 18.8. The number of halogens is 1. The molecule has 3 heterocycles. The van der Waals surface area contributed by atoms with Crippen molar-refractivity contribution in [3.8, 4) is 0 Å². The summed E-state index contributed by atoms with van der Waals surface area (Å²) >= 11 is 0. The van der Waals surface area contributed by atoms with Crippen molar-refractivity contribution in [2.75, 3.05) is 24.2 Å². The fourth-order valence-corrected chi connectivity index (χ4v) is 3.26. The Bertz CT molecular complexity index is 1150. The van der Waals surface area contributed by atoms with Crippen LogP contribution in [-0.4, -0.2) is 59.0 Å². The van der Waals surface area contributed by atoms with Gasteiger partial charge in [0.25, 0.3) is 10.1 Å². The first-order valence-corrected chi connectivity index (χ1v) is 11.3. The highest BCUT2D eigenvalue weighted by Crippen LogP contribution is 2.28. The number of nitrogens with two attached hydrogens (primary N) is 1. The van der Waals surface area contributed by atoms with Crippen LogP contribution in [0.1, 0.15) is 38.1 Å². The number of hydrogen-bond donors (Lipinski definition) is 3. The van der Waals surface area contributed by atoms with Crippen LogP contribution in [-0.2, 0) is 15.7 Å². The van der Waals surface area contributed by atoms with Crippen molar-refractivity contribution in [3.63, 3.8) is 0 Å². The van der Waals surface area contributed by atoms with Gasteiger partial charge in [0.2, 0.25) is 5.43 Å². The molecule has 10 nitrogen and oxygen atoms in total. The van der Waals surface area contributed by atoms with Crippen molar-refractivity contribution in [2.24, 2.45) is 11.7 Å². The van der Waals surface area contributed by atoms with Gasteiger partial charge in [0, 0.05) is 30.9 Å². The number of aromatic carboxylic acids is 1. The van der Waals surface area contributed by atoms with Crippen molar-refractivity contribution < 1.29 is 27.3 Å². The van der Waals surface area contributed by atoms with Gasteiger partial charge >= 0.3 is 5.97 Å². The summed E-state index contributed by atoms with van der Waals surface area (Å²) in [6.45, 7) is 8.63. The van der Waals surface area contributed by atoms with Crippen LogP contribution >= 0.6 is 0 Å². The molecule has 0 radical (unpaired) electrons. The molecule has 0 spiro atoms. The normalized spacial score (nSPS) is 19.3. The maximum atomic E-state index is 14.7. The van der Waals surface area contributed by atoms with Crippen LogP contribution in [0, 0.1) is 11.7 Å². The second-order valence-corrected chi connectivity index (χ2v) is 10.1. The Labute approximate surface area is 179 Å². The van der Waals surface area contributed by atoms with Gasteiger partial charge in [-0.25, -0.2) is 14.2 Å². The van der Waals surface area contributed by atoms with Gasteiger partial charge in [0.15, 0.2) is 11.6 Å². The number of pyridine rings is 2. The Morgan fingerprint density at radius 1 is 1.32 bits per heavy atom. The summed E-state index contributed by atoms with van der Waals surface area (Å²) in [6, 6.07) is 1.01.